The van der Waals surface area contributed by atoms with Gasteiger partial charge in [-0.25, -0.2) is 0 Å². The van der Waals surface area contributed by atoms with Gasteiger partial charge in [-0.2, -0.15) is 0 Å². The number of rotatable bonds is 2. The summed E-state index contributed by atoms with van der Waals surface area (Å²) < 4.78 is 0. The first-order chi connectivity index (χ1) is 5.16. The number of likely N-dealkylation sites (tertiary alicyclic amines) is 1. The molecule has 1 heterocycles. The fourth-order valence-corrected chi connectivity index (χ4v) is 1.60. The summed E-state index contributed by atoms with van der Waals surface area (Å²) in [6, 6.07) is 0.443. The van der Waals surface area contributed by atoms with Crippen molar-refractivity contribution in [2.24, 2.45) is 5.73 Å². The number of amides is 1. The van der Waals surface area contributed by atoms with Gasteiger partial charge in [0.25, 0.3) is 0 Å². The topological polar surface area (TPSA) is 46.3 Å². The molecule has 2 N–H and O–H groups in total. The van der Waals surface area contributed by atoms with Crippen LogP contribution in [0.15, 0.2) is 0 Å². The van der Waals surface area contributed by atoms with Gasteiger partial charge in [0.2, 0.25) is 5.91 Å². The van der Waals surface area contributed by atoms with E-state index in [0.717, 1.165) is 12.8 Å². The van der Waals surface area contributed by atoms with Crippen molar-refractivity contribution in [2.45, 2.75) is 38.3 Å². The third-order valence-electron chi connectivity index (χ3n) is 2.51. The van der Waals surface area contributed by atoms with Crippen LogP contribution < -0.4 is 5.73 Å². The first-order valence-electron chi connectivity index (χ1n) is 4.18. The van der Waals surface area contributed by atoms with Gasteiger partial charge in [0.1, 0.15) is 0 Å². The van der Waals surface area contributed by atoms with E-state index in [2.05, 4.69) is 6.92 Å². The molecule has 0 aromatic carbocycles. The molecule has 2 atom stereocenters. The van der Waals surface area contributed by atoms with Crippen LogP contribution in [0.1, 0.15) is 26.2 Å². The molecule has 1 rings (SSSR count). The zero-order valence-electron chi connectivity index (χ0n) is 7.21. The van der Waals surface area contributed by atoms with Crippen LogP contribution in [0, 0.1) is 0 Å². The van der Waals surface area contributed by atoms with Crippen LogP contribution in [0.3, 0.4) is 0 Å². The monoisotopic (exact) mass is 156 g/mol. The quantitative estimate of drug-likeness (QED) is 0.627. The molecule has 0 saturated carbocycles. The Morgan fingerprint density at radius 3 is 2.82 bits per heavy atom. The van der Waals surface area contributed by atoms with E-state index in [9.17, 15) is 4.79 Å². The summed E-state index contributed by atoms with van der Waals surface area (Å²) in [5.74, 6) is 0.235. The van der Waals surface area contributed by atoms with E-state index in [1.807, 2.05) is 7.05 Å². The molecule has 0 spiro atoms. The van der Waals surface area contributed by atoms with Gasteiger partial charge in [0.15, 0.2) is 0 Å². The molecule has 0 bridgehead atoms. The van der Waals surface area contributed by atoms with Gasteiger partial charge in [-0.05, 0) is 12.8 Å². The molecule has 3 heteroatoms. The summed E-state index contributed by atoms with van der Waals surface area (Å²) in [6.07, 6.45) is 2.56. The van der Waals surface area contributed by atoms with Crippen molar-refractivity contribution in [2.75, 3.05) is 7.05 Å². The number of carbonyl (C=O) groups is 1. The molecule has 0 aromatic heterocycles. The average molecular weight is 156 g/mol. The van der Waals surface area contributed by atoms with Gasteiger partial charge in [-0.1, -0.05) is 6.92 Å². The molecule has 0 radical (unpaired) electrons. The summed E-state index contributed by atoms with van der Waals surface area (Å²) >= 11 is 0. The average Bonchev–Trinajstić information content (AvgIpc) is 2.32. The molecule has 0 aromatic rings. The Morgan fingerprint density at radius 2 is 2.45 bits per heavy atom. The SMILES string of the molecule is CCC(N)C1CCC(=O)N1C. The van der Waals surface area contributed by atoms with Crippen molar-refractivity contribution >= 4 is 5.91 Å². The Balaban J connectivity index is 2.54. The molecule has 1 aliphatic rings. The minimum atomic E-state index is 0.159. The molecule has 3 nitrogen and oxygen atoms in total. The van der Waals surface area contributed by atoms with E-state index in [4.69, 9.17) is 5.73 Å². The van der Waals surface area contributed by atoms with E-state index in [0.29, 0.717) is 6.42 Å². The number of nitrogens with zero attached hydrogens (tertiary/aromatic N) is 1. The van der Waals surface area contributed by atoms with Crippen molar-refractivity contribution < 1.29 is 4.79 Å². The number of hydrogen-bond acceptors (Lipinski definition) is 2. The van der Waals surface area contributed by atoms with Crippen LogP contribution in [0.25, 0.3) is 0 Å². The van der Waals surface area contributed by atoms with Crippen molar-refractivity contribution in [3.63, 3.8) is 0 Å². The number of carbonyl (C=O) groups excluding carboxylic acids is 1. The van der Waals surface area contributed by atoms with E-state index in [1.54, 1.807) is 4.90 Å². The first kappa shape index (κ1) is 8.53. The molecule has 0 aliphatic carbocycles. The Labute approximate surface area is 67.5 Å². The second-order valence-electron chi connectivity index (χ2n) is 3.18. The smallest absolute Gasteiger partial charge is 0.222 e. The molecular weight excluding hydrogens is 140 g/mol. The first-order valence-corrected chi connectivity index (χ1v) is 4.18. The lowest BCUT2D eigenvalue weighted by Crippen LogP contribution is -2.42. The number of hydrogen-bond donors (Lipinski definition) is 1. The minimum absolute atomic E-state index is 0.159. The highest BCUT2D eigenvalue weighted by Crippen LogP contribution is 2.19. The predicted octanol–water partition coefficient (Wildman–Crippen LogP) is 0.344. The number of nitrogens with two attached hydrogens (primary N) is 1. The van der Waals surface area contributed by atoms with Gasteiger partial charge in [0.05, 0.1) is 0 Å². The second kappa shape index (κ2) is 3.22. The Bertz CT molecular complexity index is 158. The lowest BCUT2D eigenvalue weighted by atomic mass is 10.0. The minimum Gasteiger partial charge on any atom is -0.341 e. The van der Waals surface area contributed by atoms with Crippen molar-refractivity contribution in [1.29, 1.82) is 0 Å². The summed E-state index contributed by atoms with van der Waals surface area (Å²) in [5.41, 5.74) is 5.84. The molecule has 64 valence electrons. The summed E-state index contributed by atoms with van der Waals surface area (Å²) in [4.78, 5) is 12.9. The van der Waals surface area contributed by atoms with E-state index >= 15 is 0 Å². The normalized spacial score (nSPS) is 27.7. The fraction of sp³-hybridized carbons (Fsp3) is 0.875. The zero-order valence-corrected chi connectivity index (χ0v) is 7.21. The largest absolute Gasteiger partial charge is 0.341 e. The van der Waals surface area contributed by atoms with Crippen molar-refractivity contribution in [1.82, 2.24) is 4.90 Å². The van der Waals surface area contributed by atoms with E-state index in [-0.39, 0.29) is 18.0 Å². The molecule has 2 unspecified atom stereocenters. The maximum absolute atomic E-state index is 11.1. The van der Waals surface area contributed by atoms with Crippen LogP contribution in [-0.4, -0.2) is 29.9 Å². The highest BCUT2D eigenvalue weighted by Gasteiger charge is 2.30. The maximum atomic E-state index is 11.1. The van der Waals surface area contributed by atoms with Crippen LogP contribution >= 0.6 is 0 Å². The summed E-state index contributed by atoms with van der Waals surface area (Å²) in [6.45, 7) is 2.06. The lowest BCUT2D eigenvalue weighted by molar-refractivity contribution is -0.127. The molecular formula is C8H16N2O. The molecule has 1 fully saturated rings. The van der Waals surface area contributed by atoms with E-state index in [1.165, 1.54) is 0 Å². The van der Waals surface area contributed by atoms with Gasteiger partial charge in [-0.3, -0.25) is 4.79 Å². The van der Waals surface area contributed by atoms with Gasteiger partial charge in [0, 0.05) is 25.6 Å². The lowest BCUT2D eigenvalue weighted by Gasteiger charge is -2.24. The molecule has 1 amide bonds. The highest BCUT2D eigenvalue weighted by atomic mass is 16.2. The molecule has 1 aliphatic heterocycles. The van der Waals surface area contributed by atoms with Crippen molar-refractivity contribution in [3.8, 4) is 0 Å². The maximum Gasteiger partial charge on any atom is 0.222 e. The third kappa shape index (κ3) is 1.53. The van der Waals surface area contributed by atoms with Crippen LogP contribution in [-0.2, 0) is 4.79 Å². The Morgan fingerprint density at radius 1 is 1.82 bits per heavy atom. The zero-order chi connectivity index (χ0) is 8.43. The Kier molecular flexibility index (Phi) is 2.49. The highest BCUT2D eigenvalue weighted by molar-refractivity contribution is 5.78. The summed E-state index contributed by atoms with van der Waals surface area (Å²) in [5, 5.41) is 0. The van der Waals surface area contributed by atoms with Gasteiger partial charge in [-0.15, -0.1) is 0 Å². The van der Waals surface area contributed by atoms with Crippen LogP contribution in [0.2, 0.25) is 0 Å². The molecule has 1 saturated heterocycles. The standard InChI is InChI=1S/C8H16N2O/c1-3-6(9)7-4-5-8(11)10(7)2/h6-7H,3-5,9H2,1-2H3. The van der Waals surface area contributed by atoms with Gasteiger partial charge >= 0.3 is 0 Å². The molecule has 11 heavy (non-hydrogen) atoms. The third-order valence-corrected chi connectivity index (χ3v) is 2.51. The van der Waals surface area contributed by atoms with Crippen LogP contribution in [0.4, 0.5) is 0 Å². The number of likely N-dealkylation sites (N-methyl/N-ethyl adjacent to an activating group) is 1. The van der Waals surface area contributed by atoms with Crippen molar-refractivity contribution in [3.05, 3.63) is 0 Å². The Hall–Kier alpha value is -0.570. The second-order valence-corrected chi connectivity index (χ2v) is 3.18. The summed E-state index contributed by atoms with van der Waals surface area (Å²) in [7, 11) is 1.84. The van der Waals surface area contributed by atoms with E-state index < -0.39 is 0 Å². The predicted molar refractivity (Wildman–Crippen MR) is 44.1 cm³/mol. The fourth-order valence-electron chi connectivity index (χ4n) is 1.60. The van der Waals surface area contributed by atoms with Gasteiger partial charge < -0.3 is 10.6 Å². The van der Waals surface area contributed by atoms with Crippen LogP contribution in [0.5, 0.6) is 0 Å².